The largest absolute Gasteiger partial charge is 0.496 e. The molecule has 9 nitrogen and oxygen atoms in total. The third kappa shape index (κ3) is 5.77. The summed E-state index contributed by atoms with van der Waals surface area (Å²) in [5.41, 5.74) is 4.47. The molecule has 3 aromatic rings. The van der Waals surface area contributed by atoms with E-state index < -0.39 is 6.04 Å². The summed E-state index contributed by atoms with van der Waals surface area (Å²) in [5.74, 6) is 1.03. The Morgan fingerprint density at radius 1 is 1.00 bits per heavy atom. The number of amides is 3. The topological polar surface area (TPSA) is 106 Å². The van der Waals surface area contributed by atoms with Crippen LogP contribution in [0.25, 0.3) is 0 Å². The van der Waals surface area contributed by atoms with Crippen LogP contribution < -0.4 is 24.8 Å². The minimum absolute atomic E-state index is 0.101. The van der Waals surface area contributed by atoms with Gasteiger partial charge in [0.15, 0.2) is 6.61 Å². The van der Waals surface area contributed by atoms with Crippen molar-refractivity contribution in [2.45, 2.75) is 44.9 Å². The first-order valence-electron chi connectivity index (χ1n) is 14.4. The van der Waals surface area contributed by atoms with E-state index in [-0.39, 0.29) is 42.9 Å². The Labute approximate surface area is 245 Å². The van der Waals surface area contributed by atoms with Crippen LogP contribution in [0.3, 0.4) is 0 Å². The third-order valence-corrected chi connectivity index (χ3v) is 8.41. The molecule has 3 aliphatic heterocycles. The van der Waals surface area contributed by atoms with Crippen LogP contribution in [0.15, 0.2) is 60.7 Å². The summed E-state index contributed by atoms with van der Waals surface area (Å²) in [6, 6.07) is 18.4. The quantitative estimate of drug-likeness (QED) is 0.491. The molecule has 3 amide bonds. The average molecular weight is 570 g/mol. The SMILES string of the molecule is COc1cc2ccc1CNC(=O)COc1cc(ccc1C)C(=O)N[C@H]1CN(C(=O)C3Cc4ccccc4C3)CC[C@H]1O2. The second-order valence-electron chi connectivity index (χ2n) is 11.2. The normalized spacial score (nSPS) is 20.8. The number of carbonyl (C=O) groups is 3. The lowest BCUT2D eigenvalue weighted by molar-refractivity contribution is -0.137. The van der Waals surface area contributed by atoms with Gasteiger partial charge in [0.05, 0.1) is 13.2 Å². The first kappa shape index (κ1) is 27.6. The standard InChI is InChI=1S/C33H35N3O6/c1-20-7-8-23-15-29(20)41-19-31(37)34-17-24-9-10-26(16-30(24)40-2)42-28-11-12-36(18-27(28)35-32(23)38)33(39)25-13-21-5-3-4-6-22(21)14-25/h3-10,15-16,25,27-28H,11-14,17-19H2,1-2H3,(H,34,37)(H,35,38)/t27-,28+/m0/s1. The number of rotatable bonds is 2. The van der Waals surface area contributed by atoms with Gasteiger partial charge < -0.3 is 29.7 Å². The van der Waals surface area contributed by atoms with Crippen LogP contribution in [-0.2, 0) is 29.0 Å². The molecule has 218 valence electrons. The highest BCUT2D eigenvalue weighted by Gasteiger charge is 2.38. The van der Waals surface area contributed by atoms with E-state index in [0.717, 1.165) is 24.0 Å². The first-order valence-corrected chi connectivity index (χ1v) is 14.4. The number of hydrogen-bond acceptors (Lipinski definition) is 6. The number of fused-ring (bicyclic) bond motifs is 8. The second-order valence-corrected chi connectivity index (χ2v) is 11.2. The monoisotopic (exact) mass is 569 g/mol. The molecular weight excluding hydrogens is 534 g/mol. The molecule has 2 N–H and O–H groups in total. The zero-order valence-electron chi connectivity index (χ0n) is 23.9. The molecular formula is C33H35N3O6. The van der Waals surface area contributed by atoms with Crippen LogP contribution in [-0.4, -0.2) is 61.6 Å². The van der Waals surface area contributed by atoms with E-state index in [4.69, 9.17) is 14.2 Å². The van der Waals surface area contributed by atoms with Crippen molar-refractivity contribution in [2.75, 3.05) is 26.8 Å². The van der Waals surface area contributed by atoms with Crippen molar-refractivity contribution in [1.82, 2.24) is 15.5 Å². The molecule has 0 radical (unpaired) electrons. The van der Waals surface area contributed by atoms with E-state index in [2.05, 4.69) is 22.8 Å². The molecule has 0 saturated carbocycles. The number of piperidine rings is 1. The van der Waals surface area contributed by atoms with Crippen molar-refractivity contribution in [2.24, 2.45) is 5.92 Å². The number of aryl methyl sites for hydroxylation is 1. The van der Waals surface area contributed by atoms with Gasteiger partial charge >= 0.3 is 0 Å². The van der Waals surface area contributed by atoms with Crippen molar-refractivity contribution in [1.29, 1.82) is 0 Å². The van der Waals surface area contributed by atoms with Crippen LogP contribution in [0.1, 0.15) is 39.0 Å². The lowest BCUT2D eigenvalue weighted by Gasteiger charge is -2.39. The molecule has 2 atom stereocenters. The lowest BCUT2D eigenvalue weighted by Crippen LogP contribution is -2.58. The van der Waals surface area contributed by atoms with Crippen LogP contribution in [0, 0.1) is 12.8 Å². The Morgan fingerprint density at radius 2 is 1.79 bits per heavy atom. The zero-order valence-corrected chi connectivity index (χ0v) is 23.9. The highest BCUT2D eigenvalue weighted by Crippen LogP contribution is 2.31. The van der Waals surface area contributed by atoms with E-state index in [9.17, 15) is 14.4 Å². The van der Waals surface area contributed by atoms with Gasteiger partial charge in [-0.15, -0.1) is 0 Å². The number of nitrogens with zero attached hydrogens (tertiary/aromatic N) is 1. The third-order valence-electron chi connectivity index (χ3n) is 8.41. The number of carbonyl (C=O) groups excluding carboxylic acids is 3. The molecule has 4 bridgehead atoms. The molecule has 7 rings (SSSR count). The molecule has 1 fully saturated rings. The fourth-order valence-electron chi connectivity index (χ4n) is 6.06. The van der Waals surface area contributed by atoms with Crippen molar-refractivity contribution in [3.8, 4) is 17.2 Å². The summed E-state index contributed by atoms with van der Waals surface area (Å²) < 4.78 is 17.8. The highest BCUT2D eigenvalue weighted by molar-refractivity contribution is 5.95. The van der Waals surface area contributed by atoms with Gasteiger partial charge in [0.25, 0.3) is 11.8 Å². The van der Waals surface area contributed by atoms with Gasteiger partial charge in [0.2, 0.25) is 5.91 Å². The molecule has 3 aromatic carbocycles. The predicted molar refractivity (Wildman–Crippen MR) is 156 cm³/mol. The van der Waals surface area contributed by atoms with Crippen molar-refractivity contribution >= 4 is 17.7 Å². The van der Waals surface area contributed by atoms with Crippen LogP contribution >= 0.6 is 0 Å². The number of benzene rings is 3. The molecule has 42 heavy (non-hydrogen) atoms. The zero-order chi connectivity index (χ0) is 29.2. The van der Waals surface area contributed by atoms with Gasteiger partial charge in [0, 0.05) is 49.2 Å². The van der Waals surface area contributed by atoms with Gasteiger partial charge in [0.1, 0.15) is 23.4 Å². The minimum Gasteiger partial charge on any atom is -0.496 e. The Morgan fingerprint density at radius 3 is 2.55 bits per heavy atom. The van der Waals surface area contributed by atoms with Crippen LogP contribution in [0.4, 0.5) is 0 Å². The van der Waals surface area contributed by atoms with E-state index in [1.54, 1.807) is 31.4 Å². The maximum Gasteiger partial charge on any atom is 0.258 e. The maximum absolute atomic E-state index is 13.7. The van der Waals surface area contributed by atoms with E-state index in [1.807, 2.05) is 36.1 Å². The summed E-state index contributed by atoms with van der Waals surface area (Å²) in [7, 11) is 1.57. The van der Waals surface area contributed by atoms with Crippen molar-refractivity contribution in [3.05, 3.63) is 88.5 Å². The molecule has 1 saturated heterocycles. The van der Waals surface area contributed by atoms with Gasteiger partial charge in [-0.2, -0.15) is 0 Å². The molecule has 4 aliphatic rings. The number of likely N-dealkylation sites (tertiary alicyclic amines) is 1. The lowest BCUT2D eigenvalue weighted by atomic mass is 9.97. The van der Waals surface area contributed by atoms with Gasteiger partial charge in [-0.25, -0.2) is 0 Å². The molecule has 0 spiro atoms. The average Bonchev–Trinajstić information content (AvgIpc) is 3.44. The Bertz CT molecular complexity index is 1500. The predicted octanol–water partition coefficient (Wildman–Crippen LogP) is 3.21. The number of nitrogens with one attached hydrogen (secondary N) is 2. The second kappa shape index (κ2) is 11.8. The van der Waals surface area contributed by atoms with Gasteiger partial charge in [-0.3, -0.25) is 14.4 Å². The Balaban J connectivity index is 1.28. The summed E-state index contributed by atoms with van der Waals surface area (Å²) in [6.07, 6.45) is 1.65. The van der Waals surface area contributed by atoms with Gasteiger partial charge in [-0.05, 0) is 60.7 Å². The van der Waals surface area contributed by atoms with E-state index in [0.29, 0.717) is 42.3 Å². The first-order chi connectivity index (χ1) is 20.4. The minimum atomic E-state index is -0.450. The van der Waals surface area contributed by atoms with E-state index in [1.165, 1.54) is 11.1 Å². The number of methoxy groups -OCH3 is 1. The fraction of sp³-hybridized carbons (Fsp3) is 0.364. The molecule has 0 aromatic heterocycles. The molecule has 1 aliphatic carbocycles. The smallest absolute Gasteiger partial charge is 0.258 e. The summed E-state index contributed by atoms with van der Waals surface area (Å²) in [4.78, 5) is 41.6. The van der Waals surface area contributed by atoms with Crippen molar-refractivity contribution < 1.29 is 28.6 Å². The van der Waals surface area contributed by atoms with Crippen LogP contribution in [0.5, 0.6) is 17.2 Å². The molecule has 3 heterocycles. The van der Waals surface area contributed by atoms with Crippen molar-refractivity contribution in [3.63, 3.8) is 0 Å². The number of ether oxygens (including phenoxy) is 3. The highest BCUT2D eigenvalue weighted by atomic mass is 16.5. The Hall–Kier alpha value is -4.53. The summed E-state index contributed by atoms with van der Waals surface area (Å²) in [6.45, 7) is 2.80. The number of hydrogen-bond donors (Lipinski definition) is 2. The van der Waals surface area contributed by atoms with E-state index >= 15 is 0 Å². The molecule has 0 unspecified atom stereocenters. The summed E-state index contributed by atoms with van der Waals surface area (Å²) >= 11 is 0. The fourth-order valence-corrected chi connectivity index (χ4v) is 6.06. The Kier molecular flexibility index (Phi) is 7.73. The maximum atomic E-state index is 13.7. The van der Waals surface area contributed by atoms with Gasteiger partial charge in [-0.1, -0.05) is 30.3 Å². The van der Waals surface area contributed by atoms with Crippen LogP contribution in [0.2, 0.25) is 0 Å². The summed E-state index contributed by atoms with van der Waals surface area (Å²) in [5, 5.41) is 5.99. The molecule has 9 heteroatoms.